The van der Waals surface area contributed by atoms with E-state index < -0.39 is 59.3 Å². The fourth-order valence-electron chi connectivity index (χ4n) is 5.26. The van der Waals surface area contributed by atoms with Crippen molar-refractivity contribution >= 4 is 25.8 Å². The number of hydrogen-bond acceptors (Lipinski definition) is 8. The topological polar surface area (TPSA) is 164 Å². The van der Waals surface area contributed by atoms with Gasteiger partial charge in [-0.2, -0.15) is 18.4 Å². The van der Waals surface area contributed by atoms with Crippen LogP contribution in [0.5, 0.6) is 0 Å². The van der Waals surface area contributed by atoms with Crippen LogP contribution in [0.15, 0.2) is 41.4 Å². The Kier molecular flexibility index (Phi) is 9.44. The zero-order valence-corrected chi connectivity index (χ0v) is 24.9. The number of halogens is 3. The van der Waals surface area contributed by atoms with Gasteiger partial charge in [0.1, 0.15) is 5.54 Å². The third-order valence-electron chi connectivity index (χ3n) is 7.79. The summed E-state index contributed by atoms with van der Waals surface area (Å²) in [6.45, 7) is 1.72. The van der Waals surface area contributed by atoms with E-state index in [1.54, 1.807) is 19.1 Å². The van der Waals surface area contributed by atoms with Crippen LogP contribution in [0, 0.1) is 18.3 Å². The Morgan fingerprint density at radius 3 is 2.28 bits per heavy atom. The van der Waals surface area contributed by atoms with E-state index >= 15 is 0 Å². The maximum atomic E-state index is 13.9. The summed E-state index contributed by atoms with van der Waals surface area (Å²) in [7, 11) is -7.31. The Bertz CT molecular complexity index is 1600. The predicted molar refractivity (Wildman–Crippen MR) is 150 cm³/mol. The molecule has 0 unspecified atom stereocenters. The van der Waals surface area contributed by atoms with Crippen LogP contribution in [0.4, 0.5) is 18.0 Å². The Morgan fingerprint density at radius 1 is 1.09 bits per heavy atom. The molecule has 15 heteroatoms. The van der Waals surface area contributed by atoms with Gasteiger partial charge < -0.3 is 15.2 Å². The van der Waals surface area contributed by atoms with E-state index in [2.05, 4.69) is 10.3 Å². The summed E-state index contributed by atoms with van der Waals surface area (Å²) in [6, 6.07) is 8.42. The Hall–Kier alpha value is -3.22. The number of nitrogens with zero attached hydrogens (tertiary/aromatic N) is 2. The molecule has 3 aliphatic rings. The van der Waals surface area contributed by atoms with Crippen LogP contribution in [0.1, 0.15) is 56.2 Å². The molecule has 0 bridgehead atoms. The van der Waals surface area contributed by atoms with Crippen molar-refractivity contribution in [2.45, 2.75) is 85.9 Å². The molecular weight excluding hydrogens is 611 g/mol. The van der Waals surface area contributed by atoms with Crippen molar-refractivity contribution in [1.29, 1.82) is 5.26 Å². The fourth-order valence-corrected chi connectivity index (χ4v) is 8.72. The predicted octanol–water partition coefficient (Wildman–Crippen LogP) is 4.67. The third kappa shape index (κ3) is 8.24. The first kappa shape index (κ1) is 32.7. The van der Waals surface area contributed by atoms with Crippen molar-refractivity contribution in [3.63, 3.8) is 0 Å². The minimum Gasteiger partial charge on any atom is -0.465 e. The molecule has 1 saturated heterocycles. The number of nitrogens with one attached hydrogen (secondary N) is 1. The summed E-state index contributed by atoms with van der Waals surface area (Å²) < 4.78 is 97.5. The first-order valence-corrected chi connectivity index (χ1v) is 17.1. The molecule has 2 aromatic rings. The number of ether oxygens (including phenoxy) is 1. The second-order valence-corrected chi connectivity index (χ2v) is 15.6. The highest BCUT2D eigenvalue weighted by atomic mass is 32.2. The number of benzene rings is 1. The average Bonchev–Trinajstić information content (AvgIpc) is 3.53. The van der Waals surface area contributed by atoms with Gasteiger partial charge in [-0.1, -0.05) is 6.07 Å². The molecule has 0 spiro atoms. The average molecular weight is 644 g/mol. The summed E-state index contributed by atoms with van der Waals surface area (Å²) in [5.74, 6) is 0.0643. The fraction of sp³-hybridized carbons (Fsp3) is 0.536. The van der Waals surface area contributed by atoms with Crippen molar-refractivity contribution in [2.75, 3.05) is 11.5 Å². The molecule has 1 aromatic carbocycles. The highest BCUT2D eigenvalue weighted by molar-refractivity contribution is 7.92. The first-order chi connectivity index (χ1) is 20.0. The van der Waals surface area contributed by atoms with Gasteiger partial charge in [0.05, 0.1) is 45.5 Å². The van der Waals surface area contributed by atoms with Gasteiger partial charge >= 0.3 is 12.3 Å². The van der Waals surface area contributed by atoms with Gasteiger partial charge in [-0.3, -0.25) is 4.98 Å². The van der Waals surface area contributed by atoms with E-state index in [1.165, 1.54) is 12.3 Å². The maximum Gasteiger partial charge on any atom is 0.417 e. The molecule has 43 heavy (non-hydrogen) atoms. The molecule has 10 nitrogen and oxygen atoms in total. The van der Waals surface area contributed by atoms with Gasteiger partial charge in [-0.15, -0.1) is 0 Å². The van der Waals surface area contributed by atoms with E-state index in [1.807, 2.05) is 6.07 Å². The van der Waals surface area contributed by atoms with E-state index in [-0.39, 0.29) is 36.0 Å². The number of pyridine rings is 1. The molecule has 5 rings (SSSR count). The van der Waals surface area contributed by atoms with Gasteiger partial charge in [0.15, 0.2) is 19.7 Å². The number of sulfone groups is 2. The van der Waals surface area contributed by atoms with Crippen molar-refractivity contribution in [3.05, 3.63) is 47.8 Å². The van der Waals surface area contributed by atoms with Crippen LogP contribution in [0.3, 0.4) is 0 Å². The summed E-state index contributed by atoms with van der Waals surface area (Å²) in [5, 5.41) is 17.6. The smallest absolute Gasteiger partial charge is 0.417 e. The van der Waals surface area contributed by atoms with Gasteiger partial charge in [-0.05, 0) is 87.3 Å². The largest absolute Gasteiger partial charge is 0.465 e. The SMILES string of the molecule is Cc1cc(-c2ccc(S(=O)(=O)[C@H]3CC[C@H](OC4CCS(=O)(=O)CC4)C3)c(C(F)(F)F)c2)ccn1.N#CC1(NC(=O)O)CC1. The number of aromatic nitrogens is 1. The molecule has 3 fully saturated rings. The van der Waals surface area contributed by atoms with Gasteiger partial charge in [0, 0.05) is 11.9 Å². The normalized spacial score (nSPS) is 23.0. The standard InChI is InChI=1S/C23H26F3NO5S2.C5H6N2O2/c1-15-12-17(6-9-27-15)16-2-5-22(21(13-16)23(24,25)26)34(30,31)20-4-3-19(14-20)32-18-7-10-33(28,29)11-8-18;6-3-5(1-2-5)7-4(8)9/h2,5-6,9,12-13,18-20H,3-4,7-8,10-11,14H2,1H3;7H,1-2H2,(H,8,9)/t19-,20-;/m0./s1. The molecule has 234 valence electrons. The molecule has 1 aliphatic heterocycles. The van der Waals surface area contributed by atoms with Crippen LogP contribution < -0.4 is 5.32 Å². The minimum absolute atomic E-state index is 0.0321. The van der Waals surface area contributed by atoms with Crippen LogP contribution in [0.2, 0.25) is 0 Å². The summed E-state index contributed by atoms with van der Waals surface area (Å²) in [5.41, 5.74) is -0.495. The summed E-state index contributed by atoms with van der Waals surface area (Å²) >= 11 is 0. The number of hydrogen-bond donors (Lipinski definition) is 2. The molecule has 2 saturated carbocycles. The molecule has 2 heterocycles. The van der Waals surface area contributed by atoms with Gasteiger partial charge in [0.2, 0.25) is 0 Å². The molecular formula is C28H32F3N3O7S2. The molecule has 2 atom stereocenters. The molecule has 2 N–H and O–H groups in total. The lowest BCUT2D eigenvalue weighted by Crippen LogP contribution is -2.33. The zero-order chi connectivity index (χ0) is 31.6. The lowest BCUT2D eigenvalue weighted by atomic mass is 10.0. The quantitative estimate of drug-likeness (QED) is 0.455. The second kappa shape index (κ2) is 12.4. The highest BCUT2D eigenvalue weighted by Crippen LogP contribution is 2.41. The van der Waals surface area contributed by atoms with E-state index in [0.29, 0.717) is 43.4 Å². The number of amides is 1. The Labute approximate surface area is 248 Å². The van der Waals surface area contributed by atoms with Crippen LogP contribution in [0.25, 0.3) is 11.1 Å². The van der Waals surface area contributed by atoms with E-state index in [9.17, 15) is 34.8 Å². The number of aryl methyl sites for hydroxylation is 1. The number of carbonyl (C=O) groups is 1. The summed E-state index contributed by atoms with van der Waals surface area (Å²) in [4.78, 5) is 13.3. The monoisotopic (exact) mass is 643 g/mol. The maximum absolute atomic E-state index is 13.9. The second-order valence-electron chi connectivity index (χ2n) is 11.1. The number of alkyl halides is 3. The van der Waals surface area contributed by atoms with Gasteiger partial charge in [0.25, 0.3) is 0 Å². The van der Waals surface area contributed by atoms with Crippen LogP contribution in [-0.2, 0) is 30.6 Å². The molecule has 2 aliphatic carbocycles. The molecule has 1 aromatic heterocycles. The number of carboxylic acid groups (broad SMARTS) is 1. The minimum atomic E-state index is -4.84. The molecule has 1 amide bonds. The molecule has 0 radical (unpaired) electrons. The van der Waals surface area contributed by atoms with Crippen LogP contribution in [-0.4, -0.2) is 67.5 Å². The zero-order valence-electron chi connectivity index (χ0n) is 23.3. The first-order valence-electron chi connectivity index (χ1n) is 13.7. The lowest BCUT2D eigenvalue weighted by molar-refractivity contribution is -0.139. The van der Waals surface area contributed by atoms with Crippen molar-refractivity contribution in [3.8, 4) is 17.2 Å². The van der Waals surface area contributed by atoms with Crippen molar-refractivity contribution in [1.82, 2.24) is 10.3 Å². The van der Waals surface area contributed by atoms with Crippen molar-refractivity contribution < 1.29 is 44.6 Å². The number of rotatable bonds is 6. The highest BCUT2D eigenvalue weighted by Gasteiger charge is 2.45. The van der Waals surface area contributed by atoms with Crippen LogP contribution >= 0.6 is 0 Å². The van der Waals surface area contributed by atoms with E-state index in [4.69, 9.17) is 15.1 Å². The number of nitriles is 1. The van der Waals surface area contributed by atoms with Gasteiger partial charge in [-0.25, -0.2) is 21.6 Å². The summed E-state index contributed by atoms with van der Waals surface area (Å²) in [6.07, 6.45) is -2.47. The van der Waals surface area contributed by atoms with Crippen molar-refractivity contribution in [2.24, 2.45) is 0 Å². The Balaban J connectivity index is 0.000000403. The Morgan fingerprint density at radius 2 is 1.74 bits per heavy atom. The lowest BCUT2D eigenvalue weighted by Gasteiger charge is -2.25. The third-order valence-corrected chi connectivity index (χ3v) is 11.8. The van der Waals surface area contributed by atoms with E-state index in [0.717, 1.165) is 12.1 Å².